The maximum atomic E-state index is 13.0. The predicted octanol–water partition coefficient (Wildman–Crippen LogP) is 2.65. The Labute approximate surface area is 86.6 Å². The zero-order valence-corrected chi connectivity index (χ0v) is 8.47. The van der Waals surface area contributed by atoms with Gasteiger partial charge in [0.15, 0.2) is 0 Å². The Kier molecular flexibility index (Phi) is 2.37. The molecule has 2 nitrogen and oxygen atoms in total. The molecule has 1 aromatic carbocycles. The second kappa shape index (κ2) is 3.41. The van der Waals surface area contributed by atoms with Gasteiger partial charge in [-0.3, -0.25) is 0 Å². The fourth-order valence-corrected chi connectivity index (χ4v) is 1.13. The summed E-state index contributed by atoms with van der Waals surface area (Å²) in [5.74, 6) is 0.00894. The van der Waals surface area contributed by atoms with Crippen LogP contribution in [-0.2, 0) is 4.74 Å². The molecule has 0 radical (unpaired) electrons. The highest BCUT2D eigenvalue weighted by Gasteiger charge is 2.40. The Balaban J connectivity index is 1.99. The minimum Gasteiger partial charge on any atom is -0.490 e. The predicted molar refractivity (Wildman–Crippen MR) is 51.3 cm³/mol. The monoisotopic (exact) mass is 216 g/mol. The van der Waals surface area contributed by atoms with E-state index in [1.165, 1.54) is 12.1 Å². The summed E-state index contributed by atoms with van der Waals surface area (Å²) < 4.78 is 23.4. The standard InChI is InChI=1S/C10H10ClFO2/c1-10(6-14-10)5-13-7-2-3-8(11)9(12)4-7/h2-4H,5-6H2,1H3. The van der Waals surface area contributed by atoms with E-state index in [4.69, 9.17) is 21.1 Å². The minimum absolute atomic E-state index is 0.103. The number of rotatable bonds is 3. The molecule has 0 aromatic heterocycles. The van der Waals surface area contributed by atoms with Crippen molar-refractivity contribution in [3.05, 3.63) is 29.0 Å². The largest absolute Gasteiger partial charge is 0.490 e. The van der Waals surface area contributed by atoms with Gasteiger partial charge in [0.1, 0.15) is 23.8 Å². The van der Waals surface area contributed by atoms with Crippen LogP contribution in [-0.4, -0.2) is 18.8 Å². The van der Waals surface area contributed by atoms with Crippen LogP contribution in [0.1, 0.15) is 6.92 Å². The average molecular weight is 217 g/mol. The topological polar surface area (TPSA) is 21.8 Å². The normalized spacial score (nSPS) is 24.8. The van der Waals surface area contributed by atoms with Gasteiger partial charge in [0.2, 0.25) is 0 Å². The van der Waals surface area contributed by atoms with E-state index in [0.29, 0.717) is 19.0 Å². The summed E-state index contributed by atoms with van der Waals surface area (Å²) in [6, 6.07) is 4.38. The van der Waals surface area contributed by atoms with E-state index in [9.17, 15) is 4.39 Å². The lowest BCUT2D eigenvalue weighted by Gasteiger charge is -2.08. The highest BCUT2D eigenvalue weighted by atomic mass is 35.5. The van der Waals surface area contributed by atoms with Crippen LogP contribution in [0.3, 0.4) is 0 Å². The molecule has 0 saturated carbocycles. The van der Waals surface area contributed by atoms with Crippen molar-refractivity contribution in [1.29, 1.82) is 0 Å². The maximum Gasteiger partial charge on any atom is 0.145 e. The molecule has 0 aliphatic carbocycles. The summed E-state index contributed by atoms with van der Waals surface area (Å²) in [5, 5.41) is 0.103. The van der Waals surface area contributed by atoms with Crippen molar-refractivity contribution in [3.8, 4) is 5.75 Å². The van der Waals surface area contributed by atoms with E-state index in [0.717, 1.165) is 0 Å². The number of hydrogen-bond donors (Lipinski definition) is 0. The van der Waals surface area contributed by atoms with Gasteiger partial charge in [-0.05, 0) is 19.1 Å². The van der Waals surface area contributed by atoms with Crippen molar-refractivity contribution >= 4 is 11.6 Å². The Bertz CT molecular complexity index is 350. The van der Waals surface area contributed by atoms with Crippen LogP contribution >= 0.6 is 11.6 Å². The van der Waals surface area contributed by atoms with Crippen LogP contribution in [0.25, 0.3) is 0 Å². The van der Waals surface area contributed by atoms with Gasteiger partial charge >= 0.3 is 0 Å². The van der Waals surface area contributed by atoms with Gasteiger partial charge in [-0.1, -0.05) is 11.6 Å². The molecule has 0 spiro atoms. The number of benzene rings is 1. The first-order valence-electron chi connectivity index (χ1n) is 4.31. The summed E-state index contributed by atoms with van der Waals surface area (Å²) in [5.41, 5.74) is -0.184. The Morgan fingerprint density at radius 1 is 1.64 bits per heavy atom. The number of halogens is 2. The zero-order chi connectivity index (χ0) is 10.2. The molecule has 2 rings (SSSR count). The van der Waals surface area contributed by atoms with E-state index < -0.39 is 5.82 Å². The van der Waals surface area contributed by atoms with Crippen LogP contribution in [0.15, 0.2) is 18.2 Å². The van der Waals surface area contributed by atoms with Crippen LogP contribution < -0.4 is 4.74 Å². The van der Waals surface area contributed by atoms with E-state index in [1.807, 2.05) is 6.92 Å². The zero-order valence-electron chi connectivity index (χ0n) is 7.72. The average Bonchev–Trinajstić information content (AvgIpc) is 2.87. The molecule has 4 heteroatoms. The lowest BCUT2D eigenvalue weighted by Crippen LogP contribution is -2.16. The summed E-state index contributed by atoms with van der Waals surface area (Å²) >= 11 is 5.53. The third-order valence-corrected chi connectivity index (χ3v) is 2.38. The lowest BCUT2D eigenvalue weighted by atomic mass is 10.2. The van der Waals surface area contributed by atoms with Crippen LogP contribution in [0.4, 0.5) is 4.39 Å². The maximum absolute atomic E-state index is 13.0. The first kappa shape index (κ1) is 9.74. The molecule has 1 fully saturated rings. The van der Waals surface area contributed by atoms with Gasteiger partial charge < -0.3 is 9.47 Å². The number of ether oxygens (including phenoxy) is 2. The molecule has 1 heterocycles. The first-order chi connectivity index (χ1) is 6.59. The molecular formula is C10H10ClFO2. The number of epoxide rings is 1. The van der Waals surface area contributed by atoms with Gasteiger partial charge in [-0.25, -0.2) is 4.39 Å². The first-order valence-corrected chi connectivity index (χ1v) is 4.69. The van der Waals surface area contributed by atoms with Gasteiger partial charge in [0.05, 0.1) is 11.6 Å². The molecule has 1 aliphatic heterocycles. The van der Waals surface area contributed by atoms with Crippen molar-refractivity contribution in [1.82, 2.24) is 0 Å². The summed E-state index contributed by atoms with van der Waals surface area (Å²) in [7, 11) is 0. The van der Waals surface area contributed by atoms with Crippen molar-refractivity contribution < 1.29 is 13.9 Å². The van der Waals surface area contributed by atoms with Crippen LogP contribution in [0, 0.1) is 5.82 Å². The lowest BCUT2D eigenvalue weighted by molar-refractivity contribution is 0.202. The van der Waals surface area contributed by atoms with Crippen LogP contribution in [0.5, 0.6) is 5.75 Å². The summed E-state index contributed by atoms with van der Waals surface area (Å²) in [6.07, 6.45) is 0. The molecule has 1 aliphatic rings. The molecule has 0 amide bonds. The Morgan fingerprint density at radius 3 is 2.93 bits per heavy atom. The van der Waals surface area contributed by atoms with E-state index in [2.05, 4.69) is 0 Å². The van der Waals surface area contributed by atoms with Gasteiger partial charge in [0.25, 0.3) is 0 Å². The molecule has 0 bridgehead atoms. The van der Waals surface area contributed by atoms with Crippen molar-refractivity contribution in [3.63, 3.8) is 0 Å². The highest BCUT2D eigenvalue weighted by molar-refractivity contribution is 6.30. The summed E-state index contributed by atoms with van der Waals surface area (Å²) in [4.78, 5) is 0. The summed E-state index contributed by atoms with van der Waals surface area (Å²) in [6.45, 7) is 3.08. The fraction of sp³-hybridized carbons (Fsp3) is 0.400. The molecule has 1 atom stereocenters. The van der Waals surface area contributed by atoms with Crippen molar-refractivity contribution in [2.24, 2.45) is 0 Å². The molecular weight excluding hydrogens is 207 g/mol. The molecule has 1 unspecified atom stereocenters. The Hall–Kier alpha value is -0.800. The van der Waals surface area contributed by atoms with Gasteiger partial charge in [-0.15, -0.1) is 0 Å². The van der Waals surface area contributed by atoms with Crippen LogP contribution in [0.2, 0.25) is 5.02 Å². The molecule has 1 saturated heterocycles. The number of hydrogen-bond acceptors (Lipinski definition) is 2. The molecule has 0 N–H and O–H groups in total. The van der Waals surface area contributed by atoms with E-state index in [1.54, 1.807) is 6.07 Å². The van der Waals surface area contributed by atoms with Crippen molar-refractivity contribution in [2.75, 3.05) is 13.2 Å². The van der Waals surface area contributed by atoms with E-state index in [-0.39, 0.29) is 10.6 Å². The fourth-order valence-electron chi connectivity index (χ4n) is 1.01. The minimum atomic E-state index is -0.467. The highest BCUT2D eigenvalue weighted by Crippen LogP contribution is 2.27. The third kappa shape index (κ3) is 2.16. The molecule has 1 aromatic rings. The molecule has 14 heavy (non-hydrogen) atoms. The second-order valence-electron chi connectivity index (χ2n) is 3.60. The van der Waals surface area contributed by atoms with Gasteiger partial charge in [0, 0.05) is 6.07 Å². The Morgan fingerprint density at radius 2 is 2.36 bits per heavy atom. The van der Waals surface area contributed by atoms with Gasteiger partial charge in [-0.2, -0.15) is 0 Å². The molecule has 76 valence electrons. The SMILES string of the molecule is CC1(COc2ccc(Cl)c(F)c2)CO1. The second-order valence-corrected chi connectivity index (χ2v) is 4.01. The third-order valence-electron chi connectivity index (χ3n) is 2.07. The smallest absolute Gasteiger partial charge is 0.145 e. The van der Waals surface area contributed by atoms with Crippen molar-refractivity contribution in [2.45, 2.75) is 12.5 Å². The quantitative estimate of drug-likeness (QED) is 0.725. The van der Waals surface area contributed by atoms with E-state index >= 15 is 0 Å².